The first-order chi connectivity index (χ1) is 9.44. The molecule has 6 heteroatoms. The van der Waals surface area contributed by atoms with E-state index in [9.17, 15) is 8.42 Å². The summed E-state index contributed by atoms with van der Waals surface area (Å²) >= 11 is 0. The molecule has 0 amide bonds. The Bertz CT molecular complexity index is 676. The van der Waals surface area contributed by atoms with Crippen molar-refractivity contribution in [1.82, 2.24) is 4.72 Å². The molecule has 0 fully saturated rings. The summed E-state index contributed by atoms with van der Waals surface area (Å²) in [5.74, 6) is 0.497. The molecule has 0 spiro atoms. The van der Waals surface area contributed by atoms with Crippen LogP contribution in [0.15, 0.2) is 45.7 Å². The molecule has 1 aromatic carbocycles. The van der Waals surface area contributed by atoms with Gasteiger partial charge in [-0.2, -0.15) is 0 Å². The second kappa shape index (κ2) is 5.78. The zero-order chi connectivity index (χ0) is 14.8. The van der Waals surface area contributed by atoms with Crippen LogP contribution in [0.2, 0.25) is 0 Å². The van der Waals surface area contributed by atoms with Gasteiger partial charge in [0.05, 0.1) is 0 Å². The highest BCUT2D eigenvalue weighted by Crippen LogP contribution is 2.22. The van der Waals surface area contributed by atoms with Crippen molar-refractivity contribution in [3.63, 3.8) is 0 Å². The monoisotopic (exact) mass is 295 g/mol. The van der Waals surface area contributed by atoms with Gasteiger partial charge in [-0.15, -0.1) is 0 Å². The Morgan fingerprint density at radius 2 is 1.95 bits per heavy atom. The number of nitrogens with one attached hydrogen (secondary N) is 1. The molecule has 0 aliphatic rings. The van der Waals surface area contributed by atoms with Crippen LogP contribution < -0.4 is 4.72 Å². The van der Waals surface area contributed by atoms with Crippen molar-refractivity contribution in [3.05, 3.63) is 53.5 Å². The van der Waals surface area contributed by atoms with Gasteiger partial charge in [-0.05, 0) is 19.4 Å². The number of aryl methyl sites for hydroxylation is 1. The van der Waals surface area contributed by atoms with Crippen LogP contribution in [0.1, 0.15) is 30.0 Å². The molecule has 0 radical (unpaired) electrons. The second-order valence-electron chi connectivity index (χ2n) is 4.54. The molecule has 5 nitrogen and oxygen atoms in total. The maximum absolute atomic E-state index is 12.3. The summed E-state index contributed by atoms with van der Waals surface area (Å²) in [7, 11) is -3.68. The first kappa shape index (κ1) is 14.8. The van der Waals surface area contributed by atoms with Gasteiger partial charge in [0.25, 0.3) is 0 Å². The van der Waals surface area contributed by atoms with Gasteiger partial charge in [0, 0.05) is 12.1 Å². The first-order valence-electron chi connectivity index (χ1n) is 6.21. The van der Waals surface area contributed by atoms with E-state index >= 15 is 0 Å². The van der Waals surface area contributed by atoms with Crippen LogP contribution in [0.3, 0.4) is 0 Å². The van der Waals surface area contributed by atoms with Crippen LogP contribution in [0.4, 0.5) is 0 Å². The Hall–Kier alpha value is -1.63. The third kappa shape index (κ3) is 3.09. The minimum Gasteiger partial charge on any atom is -0.462 e. The van der Waals surface area contributed by atoms with Crippen LogP contribution >= 0.6 is 0 Å². The van der Waals surface area contributed by atoms with Crippen molar-refractivity contribution in [3.8, 4) is 0 Å². The molecule has 0 aliphatic carbocycles. The van der Waals surface area contributed by atoms with E-state index in [-0.39, 0.29) is 29.1 Å². The SMILES string of the molecule is Cc1oc(CO)cc1S(=O)(=O)NC(C)c1ccccc1. The third-order valence-electron chi connectivity index (χ3n) is 3.00. The number of benzene rings is 1. The van der Waals surface area contributed by atoms with Gasteiger partial charge in [-0.3, -0.25) is 0 Å². The standard InChI is InChI=1S/C14H17NO4S/c1-10(12-6-4-3-5-7-12)15-20(17,18)14-8-13(9-16)19-11(14)2/h3-8,10,15-16H,9H2,1-2H3. The van der Waals surface area contributed by atoms with E-state index in [1.807, 2.05) is 30.3 Å². The summed E-state index contributed by atoms with van der Waals surface area (Å²) in [6, 6.07) is 10.3. The highest BCUT2D eigenvalue weighted by molar-refractivity contribution is 7.89. The molecule has 108 valence electrons. The normalized spacial score (nSPS) is 13.3. The molecule has 0 aliphatic heterocycles. The van der Waals surface area contributed by atoms with E-state index in [4.69, 9.17) is 9.52 Å². The van der Waals surface area contributed by atoms with E-state index < -0.39 is 10.0 Å². The van der Waals surface area contributed by atoms with Crippen LogP contribution in [-0.4, -0.2) is 13.5 Å². The molecule has 2 aromatic rings. The van der Waals surface area contributed by atoms with Crippen molar-refractivity contribution >= 4 is 10.0 Å². The summed E-state index contributed by atoms with van der Waals surface area (Å²) in [4.78, 5) is 0.0596. The van der Waals surface area contributed by atoms with Crippen LogP contribution in [-0.2, 0) is 16.6 Å². The van der Waals surface area contributed by atoms with E-state index in [1.165, 1.54) is 6.07 Å². The maximum Gasteiger partial charge on any atom is 0.244 e. The Kier molecular flexibility index (Phi) is 4.27. The number of hydrogen-bond donors (Lipinski definition) is 2. The first-order valence-corrected chi connectivity index (χ1v) is 7.70. The molecule has 0 bridgehead atoms. The van der Waals surface area contributed by atoms with Crippen molar-refractivity contribution < 1.29 is 17.9 Å². The number of rotatable bonds is 5. The number of aliphatic hydroxyl groups excluding tert-OH is 1. The lowest BCUT2D eigenvalue weighted by molar-refractivity contribution is 0.244. The van der Waals surface area contributed by atoms with Gasteiger partial charge in [-0.25, -0.2) is 13.1 Å². The fourth-order valence-corrected chi connectivity index (χ4v) is 3.41. The fraction of sp³-hybridized carbons (Fsp3) is 0.286. The van der Waals surface area contributed by atoms with Gasteiger partial charge >= 0.3 is 0 Å². The Morgan fingerprint density at radius 3 is 2.50 bits per heavy atom. The Labute approximate surface area is 118 Å². The van der Waals surface area contributed by atoms with Crippen molar-refractivity contribution in [2.75, 3.05) is 0 Å². The summed E-state index contributed by atoms with van der Waals surface area (Å²) in [6.07, 6.45) is 0. The molecule has 1 unspecified atom stereocenters. The molecule has 0 saturated heterocycles. The van der Waals surface area contributed by atoms with Gasteiger partial charge in [-0.1, -0.05) is 30.3 Å². The third-order valence-corrected chi connectivity index (χ3v) is 4.65. The zero-order valence-corrected chi connectivity index (χ0v) is 12.1. The fourth-order valence-electron chi connectivity index (χ4n) is 1.97. The van der Waals surface area contributed by atoms with Crippen LogP contribution in [0, 0.1) is 6.92 Å². The molecule has 1 heterocycles. The van der Waals surface area contributed by atoms with Crippen LogP contribution in [0.25, 0.3) is 0 Å². The van der Waals surface area contributed by atoms with Crippen LogP contribution in [0.5, 0.6) is 0 Å². The van der Waals surface area contributed by atoms with E-state index in [1.54, 1.807) is 13.8 Å². The highest BCUT2D eigenvalue weighted by Gasteiger charge is 2.23. The van der Waals surface area contributed by atoms with E-state index in [0.717, 1.165) is 5.56 Å². The molecular formula is C14H17NO4S. The Morgan fingerprint density at radius 1 is 1.30 bits per heavy atom. The molecule has 2 rings (SSSR count). The molecule has 2 N–H and O–H groups in total. The molecule has 0 saturated carbocycles. The summed E-state index contributed by atoms with van der Waals surface area (Å²) in [5.41, 5.74) is 0.875. The zero-order valence-electron chi connectivity index (χ0n) is 11.3. The van der Waals surface area contributed by atoms with Gasteiger partial charge in [0.1, 0.15) is 23.0 Å². The number of furan rings is 1. The molecular weight excluding hydrogens is 278 g/mol. The minimum atomic E-state index is -3.68. The number of aliphatic hydroxyl groups is 1. The maximum atomic E-state index is 12.3. The van der Waals surface area contributed by atoms with Crippen molar-refractivity contribution in [2.24, 2.45) is 0 Å². The second-order valence-corrected chi connectivity index (χ2v) is 6.23. The van der Waals surface area contributed by atoms with Gasteiger partial charge in [0.2, 0.25) is 10.0 Å². The predicted octanol–water partition coefficient (Wildman–Crippen LogP) is 2.12. The summed E-state index contributed by atoms with van der Waals surface area (Å²) in [6.45, 7) is 3.00. The predicted molar refractivity (Wildman–Crippen MR) is 74.5 cm³/mol. The average molecular weight is 295 g/mol. The lowest BCUT2D eigenvalue weighted by Crippen LogP contribution is -2.27. The minimum absolute atomic E-state index is 0.0596. The molecule has 20 heavy (non-hydrogen) atoms. The smallest absolute Gasteiger partial charge is 0.244 e. The number of hydrogen-bond acceptors (Lipinski definition) is 4. The molecule has 1 atom stereocenters. The summed E-state index contributed by atoms with van der Waals surface area (Å²) < 4.78 is 32.4. The largest absolute Gasteiger partial charge is 0.462 e. The van der Waals surface area contributed by atoms with Gasteiger partial charge < -0.3 is 9.52 Å². The quantitative estimate of drug-likeness (QED) is 0.885. The lowest BCUT2D eigenvalue weighted by atomic mass is 10.1. The van der Waals surface area contributed by atoms with E-state index in [0.29, 0.717) is 0 Å². The topological polar surface area (TPSA) is 79.5 Å². The number of sulfonamides is 1. The van der Waals surface area contributed by atoms with E-state index in [2.05, 4.69) is 4.72 Å². The lowest BCUT2D eigenvalue weighted by Gasteiger charge is -2.14. The Balaban J connectivity index is 2.25. The van der Waals surface area contributed by atoms with Gasteiger partial charge in [0.15, 0.2) is 0 Å². The van der Waals surface area contributed by atoms with Crippen molar-refractivity contribution in [1.29, 1.82) is 0 Å². The highest BCUT2D eigenvalue weighted by atomic mass is 32.2. The average Bonchev–Trinajstić information content (AvgIpc) is 2.81. The molecule has 1 aromatic heterocycles. The summed E-state index contributed by atoms with van der Waals surface area (Å²) in [5, 5.41) is 8.99. The van der Waals surface area contributed by atoms with Crippen molar-refractivity contribution in [2.45, 2.75) is 31.4 Å².